The number of aliphatic imine (C=N–C) groups is 1. The van der Waals surface area contributed by atoms with Crippen molar-refractivity contribution < 1.29 is 9.47 Å². The van der Waals surface area contributed by atoms with Gasteiger partial charge in [-0.3, -0.25) is 4.99 Å². The highest BCUT2D eigenvalue weighted by atomic mass is 16.5. The molecule has 1 aromatic rings. The maximum Gasteiger partial charge on any atom is 0.191 e. The standard InChI is InChI=1S/C18H31N3O2/c1-14(2)13-23-8-6-7-20-18(19-4)21-12-16-9-15(3)10-17(11-16)22-5/h9-11,14H,6-8,12-13H2,1-5H3,(H2,19,20,21). The molecule has 0 bridgehead atoms. The van der Waals surface area contributed by atoms with Crippen molar-refractivity contribution in [1.82, 2.24) is 10.6 Å². The lowest BCUT2D eigenvalue weighted by Crippen LogP contribution is -2.37. The second-order valence-corrected chi connectivity index (χ2v) is 6.03. The number of guanidine groups is 1. The number of hydrogen-bond acceptors (Lipinski definition) is 3. The molecule has 0 radical (unpaired) electrons. The second-order valence-electron chi connectivity index (χ2n) is 6.03. The number of hydrogen-bond donors (Lipinski definition) is 2. The van der Waals surface area contributed by atoms with E-state index in [-0.39, 0.29) is 0 Å². The Morgan fingerprint density at radius 2 is 2.00 bits per heavy atom. The predicted octanol–water partition coefficient (Wildman–Crippen LogP) is 2.73. The summed E-state index contributed by atoms with van der Waals surface area (Å²) in [4.78, 5) is 4.24. The van der Waals surface area contributed by atoms with Crippen molar-refractivity contribution in [1.29, 1.82) is 0 Å². The molecule has 0 aromatic heterocycles. The van der Waals surface area contributed by atoms with Gasteiger partial charge in [-0.25, -0.2) is 0 Å². The van der Waals surface area contributed by atoms with Crippen LogP contribution < -0.4 is 15.4 Å². The van der Waals surface area contributed by atoms with Crippen LogP contribution in [0.3, 0.4) is 0 Å². The third-order valence-electron chi connectivity index (χ3n) is 3.24. The van der Waals surface area contributed by atoms with Gasteiger partial charge >= 0.3 is 0 Å². The molecule has 5 heteroatoms. The maximum atomic E-state index is 5.56. The third kappa shape index (κ3) is 8.45. The van der Waals surface area contributed by atoms with Crippen molar-refractivity contribution >= 4 is 5.96 Å². The van der Waals surface area contributed by atoms with Gasteiger partial charge in [0, 0.05) is 33.4 Å². The number of rotatable bonds is 9. The highest BCUT2D eigenvalue weighted by Gasteiger charge is 2.01. The van der Waals surface area contributed by atoms with Crippen LogP contribution in [0, 0.1) is 12.8 Å². The molecule has 0 heterocycles. The molecule has 0 fully saturated rings. The Kier molecular flexibility index (Phi) is 9.14. The summed E-state index contributed by atoms with van der Waals surface area (Å²) >= 11 is 0. The van der Waals surface area contributed by atoms with Gasteiger partial charge in [0.05, 0.1) is 7.11 Å². The minimum absolute atomic E-state index is 0.587. The molecule has 0 saturated heterocycles. The second kappa shape index (κ2) is 10.9. The van der Waals surface area contributed by atoms with Gasteiger partial charge in [0.25, 0.3) is 0 Å². The first-order valence-corrected chi connectivity index (χ1v) is 8.22. The minimum Gasteiger partial charge on any atom is -0.497 e. The van der Waals surface area contributed by atoms with E-state index in [9.17, 15) is 0 Å². The molecule has 2 N–H and O–H groups in total. The van der Waals surface area contributed by atoms with Crippen LogP contribution in [-0.4, -0.2) is 39.9 Å². The van der Waals surface area contributed by atoms with Crippen molar-refractivity contribution in [2.75, 3.05) is 33.9 Å². The van der Waals surface area contributed by atoms with Crippen molar-refractivity contribution in [3.05, 3.63) is 29.3 Å². The average Bonchev–Trinajstić information content (AvgIpc) is 2.52. The minimum atomic E-state index is 0.587. The number of ether oxygens (including phenoxy) is 2. The van der Waals surface area contributed by atoms with Crippen LogP contribution >= 0.6 is 0 Å². The molecule has 130 valence electrons. The zero-order valence-corrected chi connectivity index (χ0v) is 15.1. The van der Waals surface area contributed by atoms with Gasteiger partial charge in [-0.1, -0.05) is 19.9 Å². The summed E-state index contributed by atoms with van der Waals surface area (Å²) < 4.78 is 10.9. The van der Waals surface area contributed by atoms with Crippen LogP contribution in [0.5, 0.6) is 5.75 Å². The summed E-state index contributed by atoms with van der Waals surface area (Å²) in [6.07, 6.45) is 0.964. The lowest BCUT2D eigenvalue weighted by atomic mass is 10.1. The molecular formula is C18H31N3O2. The van der Waals surface area contributed by atoms with Crippen LogP contribution in [0.25, 0.3) is 0 Å². The summed E-state index contributed by atoms with van der Waals surface area (Å²) in [5, 5.41) is 6.61. The molecule has 1 rings (SSSR count). The first-order chi connectivity index (χ1) is 11.0. The van der Waals surface area contributed by atoms with Gasteiger partial charge in [-0.05, 0) is 42.5 Å². The number of aryl methyl sites for hydroxylation is 1. The van der Waals surface area contributed by atoms with E-state index in [1.54, 1.807) is 14.2 Å². The average molecular weight is 321 g/mol. The van der Waals surface area contributed by atoms with E-state index in [2.05, 4.69) is 42.5 Å². The molecule has 0 amide bonds. The predicted molar refractivity (Wildman–Crippen MR) is 96.2 cm³/mol. The fraction of sp³-hybridized carbons (Fsp3) is 0.611. The van der Waals surface area contributed by atoms with E-state index >= 15 is 0 Å². The molecule has 0 unspecified atom stereocenters. The normalized spacial score (nSPS) is 11.7. The zero-order valence-electron chi connectivity index (χ0n) is 15.1. The molecule has 0 saturated carbocycles. The van der Waals surface area contributed by atoms with Gasteiger partial charge in [0.15, 0.2) is 5.96 Å². The van der Waals surface area contributed by atoms with E-state index in [0.717, 1.165) is 37.9 Å². The smallest absolute Gasteiger partial charge is 0.191 e. The molecule has 0 spiro atoms. The summed E-state index contributed by atoms with van der Waals surface area (Å²) in [6.45, 7) is 9.53. The highest BCUT2D eigenvalue weighted by Crippen LogP contribution is 2.16. The molecule has 5 nitrogen and oxygen atoms in total. The Labute approximate surface area is 140 Å². The van der Waals surface area contributed by atoms with Gasteiger partial charge in [0.1, 0.15) is 5.75 Å². The monoisotopic (exact) mass is 321 g/mol. The van der Waals surface area contributed by atoms with Crippen LogP contribution in [-0.2, 0) is 11.3 Å². The molecule has 23 heavy (non-hydrogen) atoms. The van der Waals surface area contributed by atoms with Gasteiger partial charge in [0.2, 0.25) is 0 Å². The molecular weight excluding hydrogens is 290 g/mol. The van der Waals surface area contributed by atoms with E-state index in [1.807, 2.05) is 12.1 Å². The summed E-state index contributed by atoms with van der Waals surface area (Å²) in [5.41, 5.74) is 2.36. The zero-order chi connectivity index (χ0) is 17.1. The van der Waals surface area contributed by atoms with Crippen LogP contribution in [0.4, 0.5) is 0 Å². The topological polar surface area (TPSA) is 54.9 Å². The molecule has 1 aromatic carbocycles. The quantitative estimate of drug-likeness (QED) is 0.417. The van der Waals surface area contributed by atoms with E-state index in [0.29, 0.717) is 12.5 Å². The van der Waals surface area contributed by atoms with E-state index in [1.165, 1.54) is 11.1 Å². The lowest BCUT2D eigenvalue weighted by Gasteiger charge is -2.13. The number of methoxy groups -OCH3 is 1. The van der Waals surface area contributed by atoms with Gasteiger partial charge < -0.3 is 20.1 Å². The fourth-order valence-corrected chi connectivity index (χ4v) is 2.15. The molecule has 0 aliphatic heterocycles. The van der Waals surface area contributed by atoms with E-state index < -0.39 is 0 Å². The highest BCUT2D eigenvalue weighted by molar-refractivity contribution is 5.79. The Morgan fingerprint density at radius 1 is 1.22 bits per heavy atom. The summed E-state index contributed by atoms with van der Waals surface area (Å²) in [6, 6.07) is 6.20. The third-order valence-corrected chi connectivity index (χ3v) is 3.24. The van der Waals surface area contributed by atoms with Crippen LogP contribution in [0.15, 0.2) is 23.2 Å². The molecule has 0 atom stereocenters. The molecule has 0 aliphatic carbocycles. The van der Waals surface area contributed by atoms with Crippen LogP contribution in [0.2, 0.25) is 0 Å². The Morgan fingerprint density at radius 3 is 2.65 bits per heavy atom. The Balaban J connectivity index is 2.30. The first kappa shape index (κ1) is 19.3. The largest absolute Gasteiger partial charge is 0.497 e. The van der Waals surface area contributed by atoms with Crippen molar-refractivity contribution in [2.45, 2.75) is 33.7 Å². The molecule has 0 aliphatic rings. The fourth-order valence-electron chi connectivity index (χ4n) is 2.15. The van der Waals surface area contributed by atoms with Crippen molar-refractivity contribution in [3.8, 4) is 5.75 Å². The van der Waals surface area contributed by atoms with Gasteiger partial charge in [-0.2, -0.15) is 0 Å². The number of benzene rings is 1. The lowest BCUT2D eigenvalue weighted by molar-refractivity contribution is 0.108. The maximum absolute atomic E-state index is 5.56. The Hall–Kier alpha value is -1.75. The first-order valence-electron chi connectivity index (χ1n) is 8.22. The number of nitrogens with zero attached hydrogens (tertiary/aromatic N) is 1. The SMILES string of the molecule is CN=C(NCCCOCC(C)C)NCc1cc(C)cc(OC)c1. The van der Waals surface area contributed by atoms with E-state index in [4.69, 9.17) is 9.47 Å². The number of nitrogens with one attached hydrogen (secondary N) is 2. The summed E-state index contributed by atoms with van der Waals surface area (Å²) in [7, 11) is 3.47. The Bertz CT molecular complexity index is 487. The van der Waals surface area contributed by atoms with Crippen molar-refractivity contribution in [3.63, 3.8) is 0 Å². The van der Waals surface area contributed by atoms with Gasteiger partial charge in [-0.15, -0.1) is 0 Å². The summed E-state index contributed by atoms with van der Waals surface area (Å²) in [5.74, 6) is 2.27. The van der Waals surface area contributed by atoms with Crippen molar-refractivity contribution in [2.24, 2.45) is 10.9 Å². The van der Waals surface area contributed by atoms with Crippen LogP contribution in [0.1, 0.15) is 31.4 Å².